The van der Waals surface area contributed by atoms with Gasteiger partial charge in [-0.1, -0.05) is 6.07 Å². The number of rotatable bonds is 3. The fraction of sp³-hybridized carbons (Fsp3) is 0.0400. The van der Waals surface area contributed by atoms with Crippen molar-refractivity contribution >= 4 is 21.8 Å². The first-order valence-electron chi connectivity index (χ1n) is 10.1. The number of nitrogens with zero attached hydrogens (tertiary/aromatic N) is 4. The van der Waals surface area contributed by atoms with Crippen LogP contribution in [0, 0.1) is 12.7 Å². The van der Waals surface area contributed by atoms with Crippen LogP contribution in [-0.4, -0.2) is 30.1 Å². The van der Waals surface area contributed by atoms with Crippen LogP contribution in [0.3, 0.4) is 0 Å². The van der Waals surface area contributed by atoms with Crippen molar-refractivity contribution in [3.8, 4) is 33.8 Å². The molecule has 0 saturated carbocycles. The van der Waals surface area contributed by atoms with Crippen molar-refractivity contribution in [1.29, 1.82) is 0 Å². The van der Waals surface area contributed by atoms with Gasteiger partial charge in [0.2, 0.25) is 0 Å². The summed E-state index contributed by atoms with van der Waals surface area (Å²) in [5.41, 5.74) is 7.69. The molecule has 0 amide bonds. The van der Waals surface area contributed by atoms with Crippen LogP contribution >= 0.6 is 0 Å². The SMILES string of the molecule is Cc1cc(F)cc(-c2cncc3[nH]c(-c4n[nH]c5cnc(-c6ccncc6)cc45)cc23)c1. The van der Waals surface area contributed by atoms with E-state index in [9.17, 15) is 4.39 Å². The first-order chi connectivity index (χ1) is 15.7. The maximum absolute atomic E-state index is 14.0. The Morgan fingerprint density at radius 1 is 0.812 bits per heavy atom. The minimum Gasteiger partial charge on any atom is -0.352 e. The van der Waals surface area contributed by atoms with E-state index in [1.165, 1.54) is 12.1 Å². The van der Waals surface area contributed by atoms with Crippen molar-refractivity contribution in [2.75, 3.05) is 0 Å². The lowest BCUT2D eigenvalue weighted by atomic mass is 10.0. The Labute approximate surface area is 182 Å². The minimum absolute atomic E-state index is 0.262. The molecule has 5 aromatic heterocycles. The summed E-state index contributed by atoms with van der Waals surface area (Å²) in [6, 6.07) is 12.9. The Hall–Kier alpha value is -4.39. The van der Waals surface area contributed by atoms with Gasteiger partial charge in [-0.25, -0.2) is 4.39 Å². The molecule has 6 rings (SSSR count). The van der Waals surface area contributed by atoms with Crippen LogP contribution < -0.4 is 0 Å². The van der Waals surface area contributed by atoms with E-state index >= 15 is 0 Å². The third kappa shape index (κ3) is 3.02. The zero-order valence-electron chi connectivity index (χ0n) is 17.1. The van der Waals surface area contributed by atoms with Crippen molar-refractivity contribution in [2.45, 2.75) is 6.92 Å². The van der Waals surface area contributed by atoms with Crippen molar-refractivity contribution in [2.24, 2.45) is 0 Å². The molecule has 0 aliphatic heterocycles. The molecule has 0 aliphatic carbocycles. The van der Waals surface area contributed by atoms with Crippen LogP contribution in [0.25, 0.3) is 55.6 Å². The summed E-state index contributed by atoms with van der Waals surface area (Å²) in [7, 11) is 0. The predicted octanol–water partition coefficient (Wildman–Crippen LogP) is 5.68. The molecule has 1 aromatic carbocycles. The van der Waals surface area contributed by atoms with Crippen LogP contribution in [0.1, 0.15) is 5.56 Å². The second-order valence-corrected chi connectivity index (χ2v) is 7.77. The van der Waals surface area contributed by atoms with E-state index < -0.39 is 0 Å². The standard InChI is InChI=1S/C25H17FN6/c1-14-6-16(8-17(26)7-14)20-11-28-12-23-18(20)9-22(30-23)25-19-10-21(15-2-4-27-5-3-15)29-13-24(19)31-32-25/h2-13,30H,1H3,(H,31,32). The van der Waals surface area contributed by atoms with E-state index in [-0.39, 0.29) is 5.82 Å². The Bertz CT molecular complexity index is 1580. The third-order valence-electron chi connectivity index (χ3n) is 5.58. The van der Waals surface area contributed by atoms with Crippen molar-refractivity contribution in [1.82, 2.24) is 30.1 Å². The number of H-pyrrole nitrogens is 2. The first-order valence-corrected chi connectivity index (χ1v) is 10.1. The second kappa shape index (κ2) is 7.09. The van der Waals surface area contributed by atoms with E-state index in [0.717, 1.165) is 61.1 Å². The van der Waals surface area contributed by atoms with Gasteiger partial charge in [0.05, 0.1) is 34.8 Å². The van der Waals surface area contributed by atoms with E-state index in [2.05, 4.69) is 30.1 Å². The van der Waals surface area contributed by atoms with Crippen LogP contribution in [0.15, 0.2) is 73.4 Å². The number of pyridine rings is 3. The van der Waals surface area contributed by atoms with Crippen molar-refractivity contribution in [3.05, 3.63) is 84.8 Å². The van der Waals surface area contributed by atoms with Gasteiger partial charge in [0, 0.05) is 40.5 Å². The molecule has 0 spiro atoms. The summed E-state index contributed by atoms with van der Waals surface area (Å²) in [6.45, 7) is 1.88. The molecule has 0 fully saturated rings. The molecule has 0 atom stereocenters. The van der Waals surface area contributed by atoms with Gasteiger partial charge >= 0.3 is 0 Å². The number of aromatic nitrogens is 6. The summed E-state index contributed by atoms with van der Waals surface area (Å²) in [6.07, 6.45) is 8.82. The molecular formula is C25H17FN6. The van der Waals surface area contributed by atoms with Crippen LogP contribution in [0.2, 0.25) is 0 Å². The van der Waals surface area contributed by atoms with E-state index in [1.807, 2.05) is 37.3 Å². The van der Waals surface area contributed by atoms with Crippen molar-refractivity contribution < 1.29 is 4.39 Å². The summed E-state index contributed by atoms with van der Waals surface area (Å²) < 4.78 is 14.0. The molecule has 5 heterocycles. The first kappa shape index (κ1) is 18.4. The highest BCUT2D eigenvalue weighted by atomic mass is 19.1. The summed E-state index contributed by atoms with van der Waals surface area (Å²) in [5, 5.41) is 9.51. The molecule has 32 heavy (non-hydrogen) atoms. The largest absolute Gasteiger partial charge is 0.352 e. The van der Waals surface area contributed by atoms with E-state index in [1.54, 1.807) is 31.0 Å². The fourth-order valence-electron chi connectivity index (χ4n) is 4.10. The van der Waals surface area contributed by atoms with Crippen LogP contribution in [0.4, 0.5) is 4.39 Å². The van der Waals surface area contributed by atoms with Gasteiger partial charge in [-0.05, 0) is 54.4 Å². The number of benzene rings is 1. The number of fused-ring (bicyclic) bond motifs is 2. The zero-order valence-corrected chi connectivity index (χ0v) is 17.1. The van der Waals surface area contributed by atoms with Gasteiger partial charge < -0.3 is 4.98 Å². The van der Waals surface area contributed by atoms with Crippen LogP contribution in [0.5, 0.6) is 0 Å². The Balaban J connectivity index is 1.52. The molecule has 0 saturated heterocycles. The summed E-state index contributed by atoms with van der Waals surface area (Å²) in [5.74, 6) is -0.262. The summed E-state index contributed by atoms with van der Waals surface area (Å²) in [4.78, 5) is 16.4. The minimum atomic E-state index is -0.262. The lowest BCUT2D eigenvalue weighted by molar-refractivity contribution is 0.627. The normalized spacial score (nSPS) is 11.4. The summed E-state index contributed by atoms with van der Waals surface area (Å²) >= 11 is 0. The van der Waals surface area contributed by atoms with Gasteiger partial charge in [-0.2, -0.15) is 5.10 Å². The van der Waals surface area contributed by atoms with Gasteiger partial charge in [-0.3, -0.25) is 20.1 Å². The Morgan fingerprint density at radius 2 is 1.69 bits per heavy atom. The lowest BCUT2D eigenvalue weighted by Crippen LogP contribution is -1.85. The van der Waals surface area contributed by atoms with E-state index in [0.29, 0.717) is 0 Å². The Morgan fingerprint density at radius 3 is 2.53 bits per heavy atom. The number of halogens is 1. The van der Waals surface area contributed by atoms with Gasteiger partial charge in [0.25, 0.3) is 0 Å². The quantitative estimate of drug-likeness (QED) is 0.386. The number of aromatic amines is 2. The van der Waals surface area contributed by atoms with Crippen molar-refractivity contribution in [3.63, 3.8) is 0 Å². The lowest BCUT2D eigenvalue weighted by Gasteiger charge is -2.05. The van der Waals surface area contributed by atoms with Gasteiger partial charge in [0.15, 0.2) is 0 Å². The topological polar surface area (TPSA) is 83.1 Å². The fourth-order valence-corrected chi connectivity index (χ4v) is 4.10. The number of hydrogen-bond donors (Lipinski definition) is 2. The average Bonchev–Trinajstić information content (AvgIpc) is 3.42. The maximum atomic E-state index is 14.0. The smallest absolute Gasteiger partial charge is 0.124 e. The zero-order chi connectivity index (χ0) is 21.7. The highest BCUT2D eigenvalue weighted by Crippen LogP contribution is 2.34. The number of hydrogen-bond acceptors (Lipinski definition) is 4. The molecule has 7 heteroatoms. The molecule has 0 bridgehead atoms. The molecule has 2 N–H and O–H groups in total. The molecule has 6 nitrogen and oxygen atoms in total. The highest BCUT2D eigenvalue weighted by molar-refractivity contribution is 6.01. The molecule has 6 aromatic rings. The Kier molecular flexibility index (Phi) is 4.07. The van der Waals surface area contributed by atoms with Crippen LogP contribution in [-0.2, 0) is 0 Å². The van der Waals surface area contributed by atoms with Gasteiger partial charge in [0.1, 0.15) is 11.5 Å². The third-order valence-corrected chi connectivity index (χ3v) is 5.58. The molecule has 154 valence electrons. The van der Waals surface area contributed by atoms with Gasteiger partial charge in [-0.15, -0.1) is 0 Å². The predicted molar refractivity (Wildman–Crippen MR) is 122 cm³/mol. The maximum Gasteiger partial charge on any atom is 0.124 e. The molecule has 0 unspecified atom stereocenters. The molecule has 0 aliphatic rings. The molecular weight excluding hydrogens is 403 g/mol. The molecule has 0 radical (unpaired) electrons. The average molecular weight is 420 g/mol. The number of aryl methyl sites for hydroxylation is 1. The number of nitrogens with one attached hydrogen (secondary N) is 2. The monoisotopic (exact) mass is 420 g/mol. The van der Waals surface area contributed by atoms with E-state index in [4.69, 9.17) is 0 Å². The highest BCUT2D eigenvalue weighted by Gasteiger charge is 2.15. The second-order valence-electron chi connectivity index (χ2n) is 7.77.